The molecule has 0 spiro atoms. The molecule has 3 rings (SSSR count). The van der Waals surface area contributed by atoms with Crippen molar-refractivity contribution in [3.63, 3.8) is 0 Å². The zero-order valence-corrected chi connectivity index (χ0v) is 13.1. The fraction of sp³-hybridized carbons (Fsp3) is 0.765. The van der Waals surface area contributed by atoms with Gasteiger partial charge in [-0.05, 0) is 50.4 Å². The maximum atomic E-state index is 5.90. The highest BCUT2D eigenvalue weighted by Gasteiger charge is 2.36. The average molecular weight is 292 g/mol. The number of nitrogens with zero attached hydrogens (tertiary/aromatic N) is 1. The van der Waals surface area contributed by atoms with Gasteiger partial charge >= 0.3 is 0 Å². The second kappa shape index (κ2) is 7.43. The van der Waals surface area contributed by atoms with Crippen molar-refractivity contribution in [1.82, 2.24) is 10.2 Å². The molecule has 0 aromatic carbocycles. The Morgan fingerprint density at radius 2 is 2.05 bits per heavy atom. The van der Waals surface area contributed by atoms with E-state index in [9.17, 15) is 0 Å². The average Bonchev–Trinajstić information content (AvgIpc) is 3.06. The van der Waals surface area contributed by atoms with Gasteiger partial charge in [0.05, 0.1) is 19.8 Å². The van der Waals surface area contributed by atoms with Crippen molar-refractivity contribution < 1.29 is 9.15 Å². The van der Waals surface area contributed by atoms with Gasteiger partial charge in [-0.25, -0.2) is 0 Å². The number of hydrogen-bond acceptors (Lipinski definition) is 4. The molecule has 0 bridgehead atoms. The maximum Gasteiger partial charge on any atom is 0.117 e. The van der Waals surface area contributed by atoms with Crippen LogP contribution in [-0.2, 0) is 11.3 Å². The lowest BCUT2D eigenvalue weighted by atomic mass is 10.2. The van der Waals surface area contributed by atoms with E-state index in [1.165, 1.54) is 31.6 Å². The van der Waals surface area contributed by atoms with Crippen molar-refractivity contribution in [2.45, 2.75) is 38.6 Å². The molecule has 4 heteroatoms. The SMILES string of the molecule is CC1CC1c1ccc(CNCCCCN2CCOCC2)o1. The summed E-state index contributed by atoms with van der Waals surface area (Å²) in [6, 6.07) is 4.28. The molecule has 0 radical (unpaired) electrons. The summed E-state index contributed by atoms with van der Waals surface area (Å²) in [7, 11) is 0. The molecule has 1 saturated carbocycles. The van der Waals surface area contributed by atoms with Crippen LogP contribution < -0.4 is 5.32 Å². The van der Waals surface area contributed by atoms with Crippen molar-refractivity contribution in [2.75, 3.05) is 39.4 Å². The van der Waals surface area contributed by atoms with Gasteiger partial charge in [0.1, 0.15) is 11.5 Å². The first-order valence-electron chi connectivity index (χ1n) is 8.42. The van der Waals surface area contributed by atoms with Crippen molar-refractivity contribution in [3.05, 3.63) is 23.7 Å². The summed E-state index contributed by atoms with van der Waals surface area (Å²) in [5.41, 5.74) is 0. The Morgan fingerprint density at radius 1 is 1.24 bits per heavy atom. The molecule has 2 aliphatic rings. The minimum atomic E-state index is 0.687. The standard InChI is InChI=1S/C17H28N2O2/c1-14-12-16(14)17-5-4-15(21-17)13-18-6-2-3-7-19-8-10-20-11-9-19/h4-5,14,16,18H,2-3,6-13H2,1H3. The minimum absolute atomic E-state index is 0.687. The van der Waals surface area contributed by atoms with Crippen LogP contribution in [0.4, 0.5) is 0 Å². The van der Waals surface area contributed by atoms with E-state index in [2.05, 4.69) is 29.3 Å². The fourth-order valence-electron chi connectivity index (χ4n) is 3.03. The Kier molecular flexibility index (Phi) is 5.33. The normalized spacial score (nSPS) is 26.1. The summed E-state index contributed by atoms with van der Waals surface area (Å²) in [5.74, 6) is 3.77. The maximum absolute atomic E-state index is 5.90. The molecule has 118 valence electrons. The molecular weight excluding hydrogens is 264 g/mol. The van der Waals surface area contributed by atoms with Crippen LogP contribution in [0.5, 0.6) is 0 Å². The lowest BCUT2D eigenvalue weighted by Gasteiger charge is -2.26. The predicted octanol–water partition coefficient (Wildman–Crippen LogP) is 2.61. The lowest BCUT2D eigenvalue weighted by molar-refractivity contribution is 0.0372. The second-order valence-corrected chi connectivity index (χ2v) is 6.46. The van der Waals surface area contributed by atoms with E-state index >= 15 is 0 Å². The zero-order chi connectivity index (χ0) is 14.5. The Bertz CT molecular complexity index is 426. The van der Waals surface area contributed by atoms with Gasteiger partial charge in [-0.15, -0.1) is 0 Å². The van der Waals surface area contributed by atoms with Crippen molar-refractivity contribution in [2.24, 2.45) is 5.92 Å². The summed E-state index contributed by atoms with van der Waals surface area (Å²) in [6.45, 7) is 9.43. The fourth-order valence-corrected chi connectivity index (χ4v) is 3.03. The number of rotatable bonds is 8. The van der Waals surface area contributed by atoms with Crippen LogP contribution in [0.25, 0.3) is 0 Å². The second-order valence-electron chi connectivity index (χ2n) is 6.46. The summed E-state index contributed by atoms with van der Waals surface area (Å²) in [4.78, 5) is 2.50. The van der Waals surface area contributed by atoms with E-state index in [4.69, 9.17) is 9.15 Å². The van der Waals surface area contributed by atoms with Crippen LogP contribution >= 0.6 is 0 Å². The largest absolute Gasteiger partial charge is 0.464 e. The van der Waals surface area contributed by atoms with Gasteiger partial charge in [-0.2, -0.15) is 0 Å². The summed E-state index contributed by atoms with van der Waals surface area (Å²) in [6.07, 6.45) is 3.78. The van der Waals surface area contributed by atoms with E-state index in [-0.39, 0.29) is 0 Å². The van der Waals surface area contributed by atoms with Crippen LogP contribution in [0.15, 0.2) is 16.5 Å². The zero-order valence-electron chi connectivity index (χ0n) is 13.1. The number of hydrogen-bond donors (Lipinski definition) is 1. The van der Waals surface area contributed by atoms with Gasteiger partial charge in [-0.1, -0.05) is 6.92 Å². The third-order valence-corrected chi connectivity index (χ3v) is 4.64. The van der Waals surface area contributed by atoms with Gasteiger partial charge < -0.3 is 14.5 Å². The first kappa shape index (κ1) is 15.1. The molecule has 2 fully saturated rings. The van der Waals surface area contributed by atoms with E-state index in [1.807, 2.05) is 0 Å². The molecule has 2 unspecified atom stereocenters. The first-order valence-corrected chi connectivity index (χ1v) is 8.42. The van der Waals surface area contributed by atoms with Gasteiger partial charge in [0.25, 0.3) is 0 Å². The number of unbranched alkanes of at least 4 members (excludes halogenated alkanes) is 1. The molecule has 1 saturated heterocycles. The Balaban J connectivity index is 1.24. The number of morpholine rings is 1. The Labute approximate surface area is 127 Å². The summed E-state index contributed by atoms with van der Waals surface area (Å²) >= 11 is 0. The Hall–Kier alpha value is -0.840. The third-order valence-electron chi connectivity index (χ3n) is 4.64. The third kappa shape index (κ3) is 4.56. The molecule has 1 aliphatic carbocycles. The summed E-state index contributed by atoms with van der Waals surface area (Å²) < 4.78 is 11.3. The van der Waals surface area contributed by atoms with E-state index in [0.717, 1.165) is 51.1 Å². The number of nitrogens with one attached hydrogen (secondary N) is 1. The molecule has 21 heavy (non-hydrogen) atoms. The number of ether oxygens (including phenoxy) is 1. The molecule has 1 N–H and O–H groups in total. The van der Waals surface area contributed by atoms with Crippen LogP contribution in [0.2, 0.25) is 0 Å². The van der Waals surface area contributed by atoms with Crippen LogP contribution in [0.3, 0.4) is 0 Å². The lowest BCUT2D eigenvalue weighted by Crippen LogP contribution is -2.37. The van der Waals surface area contributed by atoms with Gasteiger partial charge in [-0.3, -0.25) is 4.90 Å². The van der Waals surface area contributed by atoms with Crippen LogP contribution in [0.1, 0.15) is 43.6 Å². The Morgan fingerprint density at radius 3 is 2.81 bits per heavy atom. The monoisotopic (exact) mass is 292 g/mol. The highest BCUT2D eigenvalue weighted by atomic mass is 16.5. The minimum Gasteiger partial charge on any atom is -0.464 e. The summed E-state index contributed by atoms with van der Waals surface area (Å²) in [5, 5.41) is 3.49. The highest BCUT2D eigenvalue weighted by molar-refractivity contribution is 5.17. The molecule has 1 aliphatic heterocycles. The van der Waals surface area contributed by atoms with Crippen molar-refractivity contribution in [1.29, 1.82) is 0 Å². The highest BCUT2D eigenvalue weighted by Crippen LogP contribution is 2.47. The molecular formula is C17H28N2O2. The molecule has 1 aromatic heterocycles. The molecule has 2 atom stereocenters. The van der Waals surface area contributed by atoms with Crippen molar-refractivity contribution >= 4 is 0 Å². The molecule has 0 amide bonds. The van der Waals surface area contributed by atoms with Gasteiger partial charge in [0.15, 0.2) is 0 Å². The topological polar surface area (TPSA) is 37.6 Å². The van der Waals surface area contributed by atoms with Gasteiger partial charge in [0.2, 0.25) is 0 Å². The predicted molar refractivity (Wildman–Crippen MR) is 83.4 cm³/mol. The van der Waals surface area contributed by atoms with Crippen LogP contribution in [0, 0.1) is 5.92 Å². The first-order chi connectivity index (χ1) is 10.3. The smallest absolute Gasteiger partial charge is 0.117 e. The molecule has 4 nitrogen and oxygen atoms in total. The van der Waals surface area contributed by atoms with Crippen molar-refractivity contribution in [3.8, 4) is 0 Å². The van der Waals surface area contributed by atoms with E-state index in [0.29, 0.717) is 5.92 Å². The van der Waals surface area contributed by atoms with Gasteiger partial charge in [0, 0.05) is 19.0 Å². The number of furan rings is 1. The van der Waals surface area contributed by atoms with E-state index < -0.39 is 0 Å². The quantitative estimate of drug-likeness (QED) is 0.747. The van der Waals surface area contributed by atoms with E-state index in [1.54, 1.807) is 0 Å². The van der Waals surface area contributed by atoms with Crippen LogP contribution in [-0.4, -0.2) is 44.3 Å². The molecule has 2 heterocycles. The molecule has 1 aromatic rings.